The molecule has 4 heteroatoms. The van der Waals surface area contributed by atoms with Crippen LogP contribution in [0.25, 0.3) is 0 Å². The van der Waals surface area contributed by atoms with Crippen molar-refractivity contribution in [3.05, 3.63) is 34.6 Å². The highest BCUT2D eigenvalue weighted by Gasteiger charge is 2.35. The predicted molar refractivity (Wildman–Crippen MR) is 75.8 cm³/mol. The summed E-state index contributed by atoms with van der Waals surface area (Å²) in [5, 5.41) is 3.83. The van der Waals surface area contributed by atoms with Crippen molar-refractivity contribution < 1.29 is 4.39 Å². The fraction of sp³-hybridized carbons (Fsp3) is 0.600. The van der Waals surface area contributed by atoms with Crippen LogP contribution in [0.4, 0.5) is 4.39 Å². The summed E-state index contributed by atoms with van der Waals surface area (Å²) in [5.41, 5.74) is 1.00. The van der Waals surface area contributed by atoms with E-state index in [2.05, 4.69) is 17.1 Å². The van der Waals surface area contributed by atoms with Gasteiger partial charge in [0.25, 0.3) is 0 Å². The molecule has 1 aromatic rings. The number of halogens is 2. The van der Waals surface area contributed by atoms with Crippen LogP contribution in [0.2, 0.25) is 5.02 Å². The summed E-state index contributed by atoms with van der Waals surface area (Å²) in [4.78, 5) is 2.45. The SMILES string of the molecule is CC1CNC(C2CC2)CN1Cc1ccc(Cl)c(F)c1. The normalized spacial score (nSPS) is 28.6. The van der Waals surface area contributed by atoms with Gasteiger partial charge in [-0.25, -0.2) is 4.39 Å². The molecule has 0 bridgehead atoms. The predicted octanol–water partition coefficient (Wildman–Crippen LogP) is 3.05. The molecule has 1 N–H and O–H groups in total. The molecule has 2 aliphatic rings. The van der Waals surface area contributed by atoms with Crippen molar-refractivity contribution >= 4 is 11.6 Å². The van der Waals surface area contributed by atoms with Gasteiger partial charge < -0.3 is 5.32 Å². The summed E-state index contributed by atoms with van der Waals surface area (Å²) in [5.74, 6) is 0.539. The van der Waals surface area contributed by atoms with Gasteiger partial charge in [0.05, 0.1) is 5.02 Å². The molecule has 1 heterocycles. The van der Waals surface area contributed by atoms with Crippen molar-refractivity contribution in [3.8, 4) is 0 Å². The molecule has 1 aliphatic carbocycles. The van der Waals surface area contributed by atoms with Crippen LogP contribution in [0.15, 0.2) is 18.2 Å². The maximum absolute atomic E-state index is 13.5. The molecule has 1 aromatic carbocycles. The third kappa shape index (κ3) is 3.10. The van der Waals surface area contributed by atoms with E-state index >= 15 is 0 Å². The first-order chi connectivity index (χ1) is 9.13. The van der Waals surface area contributed by atoms with Crippen molar-refractivity contribution in [2.24, 2.45) is 5.92 Å². The zero-order valence-electron chi connectivity index (χ0n) is 11.2. The number of rotatable bonds is 3. The lowest BCUT2D eigenvalue weighted by Gasteiger charge is -2.39. The maximum atomic E-state index is 13.5. The Hall–Kier alpha value is -0.640. The van der Waals surface area contributed by atoms with Crippen LogP contribution in [-0.2, 0) is 6.54 Å². The number of hydrogen-bond acceptors (Lipinski definition) is 2. The quantitative estimate of drug-likeness (QED) is 0.917. The smallest absolute Gasteiger partial charge is 0.142 e. The molecule has 0 aromatic heterocycles. The van der Waals surface area contributed by atoms with Crippen LogP contribution < -0.4 is 5.32 Å². The van der Waals surface area contributed by atoms with Crippen molar-refractivity contribution in [1.29, 1.82) is 0 Å². The molecular weight excluding hydrogens is 263 g/mol. The number of benzene rings is 1. The van der Waals surface area contributed by atoms with Crippen LogP contribution >= 0.6 is 11.6 Å². The molecule has 0 spiro atoms. The van der Waals surface area contributed by atoms with E-state index in [0.29, 0.717) is 12.1 Å². The van der Waals surface area contributed by atoms with Gasteiger partial charge in [-0.15, -0.1) is 0 Å². The van der Waals surface area contributed by atoms with Crippen molar-refractivity contribution in [1.82, 2.24) is 10.2 Å². The summed E-state index contributed by atoms with van der Waals surface area (Å²) < 4.78 is 13.5. The molecule has 2 nitrogen and oxygen atoms in total. The van der Waals surface area contributed by atoms with E-state index in [1.165, 1.54) is 12.8 Å². The first kappa shape index (κ1) is 13.3. The molecule has 2 atom stereocenters. The minimum Gasteiger partial charge on any atom is -0.311 e. The second kappa shape index (κ2) is 5.39. The summed E-state index contributed by atoms with van der Waals surface area (Å²) in [6, 6.07) is 6.24. The van der Waals surface area contributed by atoms with E-state index in [1.54, 1.807) is 12.1 Å². The zero-order chi connectivity index (χ0) is 13.4. The van der Waals surface area contributed by atoms with Crippen molar-refractivity contribution in [2.45, 2.75) is 38.4 Å². The third-order valence-electron chi connectivity index (χ3n) is 4.29. The summed E-state index contributed by atoms with van der Waals surface area (Å²) in [6.45, 7) is 5.12. The van der Waals surface area contributed by atoms with E-state index in [0.717, 1.165) is 31.1 Å². The van der Waals surface area contributed by atoms with E-state index in [-0.39, 0.29) is 10.8 Å². The molecular formula is C15H20ClFN2. The Morgan fingerprint density at radius 1 is 1.42 bits per heavy atom. The van der Waals surface area contributed by atoms with Crippen LogP contribution in [-0.4, -0.2) is 30.1 Å². The summed E-state index contributed by atoms with van der Waals surface area (Å²) >= 11 is 5.73. The van der Waals surface area contributed by atoms with Gasteiger partial charge in [-0.2, -0.15) is 0 Å². The first-order valence-electron chi connectivity index (χ1n) is 7.05. The lowest BCUT2D eigenvalue weighted by Crippen LogP contribution is -2.55. The first-order valence-corrected chi connectivity index (χ1v) is 7.42. The average molecular weight is 283 g/mol. The molecule has 1 aliphatic heterocycles. The van der Waals surface area contributed by atoms with Crippen LogP contribution in [0.3, 0.4) is 0 Å². The third-order valence-corrected chi connectivity index (χ3v) is 4.60. The minimum absolute atomic E-state index is 0.202. The molecule has 0 amide bonds. The Kier molecular flexibility index (Phi) is 3.79. The van der Waals surface area contributed by atoms with Gasteiger partial charge in [-0.3, -0.25) is 4.90 Å². The fourth-order valence-electron chi connectivity index (χ4n) is 2.86. The maximum Gasteiger partial charge on any atom is 0.142 e. The number of nitrogens with one attached hydrogen (secondary N) is 1. The zero-order valence-corrected chi connectivity index (χ0v) is 12.0. The lowest BCUT2D eigenvalue weighted by atomic mass is 10.0. The second-order valence-electron chi connectivity index (χ2n) is 5.88. The fourth-order valence-corrected chi connectivity index (χ4v) is 2.97. The second-order valence-corrected chi connectivity index (χ2v) is 6.29. The van der Waals surface area contributed by atoms with Gasteiger partial charge in [-0.05, 0) is 43.4 Å². The topological polar surface area (TPSA) is 15.3 Å². The van der Waals surface area contributed by atoms with Gasteiger partial charge >= 0.3 is 0 Å². The highest BCUT2D eigenvalue weighted by Crippen LogP contribution is 2.34. The molecule has 3 rings (SSSR count). The van der Waals surface area contributed by atoms with Gasteiger partial charge in [-0.1, -0.05) is 17.7 Å². The summed E-state index contributed by atoms with van der Waals surface area (Å²) in [7, 11) is 0. The largest absolute Gasteiger partial charge is 0.311 e. The Bertz CT molecular complexity index is 461. The van der Waals surface area contributed by atoms with Crippen molar-refractivity contribution in [3.63, 3.8) is 0 Å². The van der Waals surface area contributed by atoms with Crippen molar-refractivity contribution in [2.75, 3.05) is 13.1 Å². The Morgan fingerprint density at radius 2 is 2.21 bits per heavy atom. The molecule has 104 valence electrons. The van der Waals surface area contributed by atoms with Gasteiger partial charge in [0, 0.05) is 31.7 Å². The minimum atomic E-state index is -0.319. The number of piperazine rings is 1. The Labute approximate surface area is 118 Å². The van der Waals surface area contributed by atoms with Crippen LogP contribution in [0, 0.1) is 11.7 Å². The summed E-state index contributed by atoms with van der Waals surface area (Å²) in [6.07, 6.45) is 2.71. The van der Waals surface area contributed by atoms with Gasteiger partial charge in [0.2, 0.25) is 0 Å². The molecule has 2 fully saturated rings. The van der Waals surface area contributed by atoms with Crippen LogP contribution in [0.1, 0.15) is 25.3 Å². The standard InChI is InChI=1S/C15H20ClFN2/c1-10-7-18-15(12-3-4-12)9-19(10)8-11-2-5-13(16)14(17)6-11/h2,5-6,10,12,15,18H,3-4,7-9H2,1H3. The highest BCUT2D eigenvalue weighted by molar-refractivity contribution is 6.30. The van der Waals surface area contributed by atoms with Gasteiger partial charge in [0.1, 0.15) is 5.82 Å². The number of hydrogen-bond donors (Lipinski definition) is 1. The molecule has 19 heavy (non-hydrogen) atoms. The molecule has 0 radical (unpaired) electrons. The highest BCUT2D eigenvalue weighted by atomic mass is 35.5. The monoisotopic (exact) mass is 282 g/mol. The van der Waals surface area contributed by atoms with E-state index in [4.69, 9.17) is 11.6 Å². The Balaban J connectivity index is 1.67. The van der Waals surface area contributed by atoms with Crippen LogP contribution in [0.5, 0.6) is 0 Å². The van der Waals surface area contributed by atoms with E-state index in [9.17, 15) is 4.39 Å². The number of nitrogens with zero attached hydrogens (tertiary/aromatic N) is 1. The van der Waals surface area contributed by atoms with E-state index < -0.39 is 0 Å². The lowest BCUT2D eigenvalue weighted by molar-refractivity contribution is 0.125. The molecule has 1 saturated carbocycles. The molecule has 2 unspecified atom stereocenters. The van der Waals surface area contributed by atoms with E-state index in [1.807, 2.05) is 6.07 Å². The molecule has 1 saturated heterocycles. The Morgan fingerprint density at radius 3 is 2.89 bits per heavy atom. The average Bonchev–Trinajstić information content (AvgIpc) is 3.21. The van der Waals surface area contributed by atoms with Gasteiger partial charge in [0.15, 0.2) is 0 Å².